The fraction of sp³-hybridized carbons (Fsp3) is 0.222. The minimum atomic E-state index is -1.01. The molecule has 0 spiro atoms. The number of aliphatic carboxylic acids is 1. The molecule has 0 fully saturated rings. The van der Waals surface area contributed by atoms with Gasteiger partial charge >= 0.3 is 5.97 Å². The SMILES string of the molecule is CC(C(=O)O)C(NC(=O)Cc1ccccc1F)c1ccccc1. The zero-order chi connectivity index (χ0) is 16.8. The van der Waals surface area contributed by atoms with Crippen molar-refractivity contribution in [2.24, 2.45) is 5.92 Å². The minimum absolute atomic E-state index is 0.137. The molecule has 0 aliphatic heterocycles. The molecule has 0 heterocycles. The van der Waals surface area contributed by atoms with E-state index in [1.807, 2.05) is 6.07 Å². The summed E-state index contributed by atoms with van der Waals surface area (Å²) in [5.74, 6) is -2.69. The molecule has 2 atom stereocenters. The van der Waals surface area contributed by atoms with Crippen molar-refractivity contribution < 1.29 is 19.1 Å². The molecule has 0 aliphatic carbocycles. The molecule has 2 unspecified atom stereocenters. The zero-order valence-corrected chi connectivity index (χ0v) is 12.7. The predicted octanol–water partition coefficient (Wildman–Crippen LogP) is 2.95. The molecule has 2 aromatic carbocycles. The molecule has 23 heavy (non-hydrogen) atoms. The highest BCUT2D eigenvalue weighted by molar-refractivity contribution is 5.80. The normalized spacial score (nSPS) is 13.1. The quantitative estimate of drug-likeness (QED) is 0.861. The van der Waals surface area contributed by atoms with E-state index in [9.17, 15) is 19.1 Å². The molecule has 0 aromatic heterocycles. The smallest absolute Gasteiger partial charge is 0.308 e. The van der Waals surface area contributed by atoms with Crippen LogP contribution in [-0.4, -0.2) is 17.0 Å². The van der Waals surface area contributed by atoms with Crippen molar-refractivity contribution in [1.29, 1.82) is 0 Å². The number of rotatable bonds is 6. The second-order valence-electron chi connectivity index (χ2n) is 5.35. The van der Waals surface area contributed by atoms with Crippen LogP contribution in [0, 0.1) is 11.7 Å². The molecule has 0 saturated carbocycles. The summed E-state index contributed by atoms with van der Waals surface area (Å²) in [6.45, 7) is 1.53. The van der Waals surface area contributed by atoms with Gasteiger partial charge in [-0.1, -0.05) is 48.5 Å². The number of hydrogen-bond donors (Lipinski definition) is 2. The molecule has 120 valence electrons. The third-order valence-corrected chi connectivity index (χ3v) is 3.67. The van der Waals surface area contributed by atoms with E-state index in [2.05, 4.69) is 5.32 Å². The highest BCUT2D eigenvalue weighted by Gasteiger charge is 2.26. The van der Waals surface area contributed by atoms with Crippen LogP contribution in [0.5, 0.6) is 0 Å². The Morgan fingerprint density at radius 1 is 1.09 bits per heavy atom. The van der Waals surface area contributed by atoms with Crippen molar-refractivity contribution >= 4 is 11.9 Å². The number of carbonyl (C=O) groups excluding carboxylic acids is 1. The second-order valence-corrected chi connectivity index (χ2v) is 5.35. The lowest BCUT2D eigenvalue weighted by Crippen LogP contribution is -2.36. The molecule has 4 nitrogen and oxygen atoms in total. The summed E-state index contributed by atoms with van der Waals surface area (Å²) in [7, 11) is 0. The van der Waals surface area contributed by atoms with Gasteiger partial charge in [-0.15, -0.1) is 0 Å². The van der Waals surface area contributed by atoms with Gasteiger partial charge in [0.2, 0.25) is 5.91 Å². The molecule has 0 radical (unpaired) electrons. The maximum Gasteiger partial charge on any atom is 0.308 e. The lowest BCUT2D eigenvalue weighted by atomic mass is 9.94. The van der Waals surface area contributed by atoms with Gasteiger partial charge in [0.1, 0.15) is 5.82 Å². The van der Waals surface area contributed by atoms with Gasteiger partial charge in [0.25, 0.3) is 0 Å². The monoisotopic (exact) mass is 315 g/mol. The summed E-state index contributed by atoms with van der Waals surface area (Å²) in [5.41, 5.74) is 0.976. The van der Waals surface area contributed by atoms with Crippen LogP contribution in [0.2, 0.25) is 0 Å². The Balaban J connectivity index is 2.16. The molecular formula is C18H18FNO3. The Labute approximate surface area is 134 Å². The van der Waals surface area contributed by atoms with E-state index in [-0.39, 0.29) is 12.0 Å². The fourth-order valence-electron chi connectivity index (χ4n) is 2.34. The van der Waals surface area contributed by atoms with Gasteiger partial charge in [0.15, 0.2) is 0 Å². The highest BCUT2D eigenvalue weighted by atomic mass is 19.1. The minimum Gasteiger partial charge on any atom is -0.481 e. The Morgan fingerprint density at radius 2 is 1.70 bits per heavy atom. The summed E-state index contributed by atoms with van der Waals surface area (Å²) in [4.78, 5) is 23.5. The maximum absolute atomic E-state index is 13.6. The van der Waals surface area contributed by atoms with Gasteiger partial charge in [-0.2, -0.15) is 0 Å². The summed E-state index contributed by atoms with van der Waals surface area (Å²) >= 11 is 0. The third kappa shape index (κ3) is 4.39. The molecule has 2 N–H and O–H groups in total. The van der Waals surface area contributed by atoms with Gasteiger partial charge in [0.05, 0.1) is 18.4 Å². The summed E-state index contributed by atoms with van der Waals surface area (Å²) in [5, 5.41) is 12.0. The van der Waals surface area contributed by atoms with Crippen LogP contribution in [-0.2, 0) is 16.0 Å². The average Bonchev–Trinajstić information content (AvgIpc) is 2.55. The van der Waals surface area contributed by atoms with E-state index in [1.165, 1.54) is 19.1 Å². The van der Waals surface area contributed by atoms with Crippen LogP contribution < -0.4 is 5.32 Å². The molecule has 5 heteroatoms. The van der Waals surface area contributed by atoms with Gasteiger partial charge in [-0.05, 0) is 24.1 Å². The summed E-state index contributed by atoms with van der Waals surface area (Å²) in [6.07, 6.45) is -0.137. The van der Waals surface area contributed by atoms with E-state index in [0.29, 0.717) is 5.56 Å². The fourth-order valence-corrected chi connectivity index (χ4v) is 2.34. The molecule has 1 amide bonds. The zero-order valence-electron chi connectivity index (χ0n) is 12.7. The van der Waals surface area contributed by atoms with Crippen molar-refractivity contribution in [1.82, 2.24) is 5.32 Å². The second kappa shape index (κ2) is 7.54. The van der Waals surface area contributed by atoms with Crippen molar-refractivity contribution in [3.8, 4) is 0 Å². The average molecular weight is 315 g/mol. The highest BCUT2D eigenvalue weighted by Crippen LogP contribution is 2.22. The number of amides is 1. The van der Waals surface area contributed by atoms with Crippen LogP contribution in [0.3, 0.4) is 0 Å². The van der Waals surface area contributed by atoms with Gasteiger partial charge in [-0.25, -0.2) is 4.39 Å². The number of hydrogen-bond acceptors (Lipinski definition) is 2. The number of halogens is 1. The summed E-state index contributed by atoms with van der Waals surface area (Å²) in [6, 6.07) is 14.2. The molecule has 2 rings (SSSR count). The molecular weight excluding hydrogens is 297 g/mol. The number of benzene rings is 2. The van der Waals surface area contributed by atoms with E-state index >= 15 is 0 Å². The first-order valence-electron chi connectivity index (χ1n) is 7.29. The van der Waals surface area contributed by atoms with E-state index < -0.39 is 29.7 Å². The topological polar surface area (TPSA) is 66.4 Å². The first-order chi connectivity index (χ1) is 11.0. The van der Waals surface area contributed by atoms with Crippen molar-refractivity contribution in [3.63, 3.8) is 0 Å². The van der Waals surface area contributed by atoms with E-state index in [0.717, 1.165) is 0 Å². The summed E-state index contributed by atoms with van der Waals surface area (Å²) < 4.78 is 13.6. The first kappa shape index (κ1) is 16.7. The van der Waals surface area contributed by atoms with E-state index in [4.69, 9.17) is 0 Å². The number of carboxylic acids is 1. The molecule has 2 aromatic rings. The molecule has 0 aliphatic rings. The largest absolute Gasteiger partial charge is 0.481 e. The van der Waals surface area contributed by atoms with Gasteiger partial charge in [-0.3, -0.25) is 9.59 Å². The van der Waals surface area contributed by atoms with Crippen molar-refractivity contribution in [2.75, 3.05) is 0 Å². The van der Waals surface area contributed by atoms with E-state index in [1.54, 1.807) is 36.4 Å². The van der Waals surface area contributed by atoms with Crippen molar-refractivity contribution in [3.05, 3.63) is 71.5 Å². The van der Waals surface area contributed by atoms with Crippen LogP contribution in [0.4, 0.5) is 4.39 Å². The Morgan fingerprint density at radius 3 is 2.30 bits per heavy atom. The standard InChI is InChI=1S/C18H18FNO3/c1-12(18(22)23)17(13-7-3-2-4-8-13)20-16(21)11-14-9-5-6-10-15(14)19/h2-10,12,17H,11H2,1H3,(H,20,21)(H,22,23). The number of carbonyl (C=O) groups is 2. The van der Waals surface area contributed by atoms with Crippen LogP contribution in [0.25, 0.3) is 0 Å². The van der Waals surface area contributed by atoms with Crippen LogP contribution in [0.15, 0.2) is 54.6 Å². The number of nitrogens with one attached hydrogen (secondary N) is 1. The lowest BCUT2D eigenvalue weighted by molar-refractivity contribution is -0.142. The van der Waals surface area contributed by atoms with Crippen LogP contribution in [0.1, 0.15) is 24.1 Å². The maximum atomic E-state index is 13.6. The third-order valence-electron chi connectivity index (χ3n) is 3.67. The van der Waals surface area contributed by atoms with Gasteiger partial charge in [0, 0.05) is 0 Å². The lowest BCUT2D eigenvalue weighted by Gasteiger charge is -2.23. The van der Waals surface area contributed by atoms with Crippen LogP contribution >= 0.6 is 0 Å². The van der Waals surface area contributed by atoms with Gasteiger partial charge < -0.3 is 10.4 Å². The Kier molecular flexibility index (Phi) is 5.46. The van der Waals surface area contributed by atoms with Crippen molar-refractivity contribution in [2.45, 2.75) is 19.4 Å². The Hall–Kier alpha value is -2.69. The first-order valence-corrected chi connectivity index (χ1v) is 7.29. The Bertz CT molecular complexity index is 688. The number of carboxylic acid groups (broad SMARTS) is 1. The predicted molar refractivity (Wildman–Crippen MR) is 84.2 cm³/mol. The molecule has 0 saturated heterocycles. The molecule has 0 bridgehead atoms.